The Balaban J connectivity index is 1.51. The molecule has 3 nitrogen and oxygen atoms in total. The number of ether oxygens (including phenoxy) is 1. The van der Waals surface area contributed by atoms with Crippen LogP contribution in [0.3, 0.4) is 0 Å². The largest absolute Gasteiger partial charge is 0.381 e. The molecule has 0 aromatic rings. The Labute approximate surface area is 112 Å². The summed E-state index contributed by atoms with van der Waals surface area (Å²) in [5.41, 5.74) is 0. The van der Waals surface area contributed by atoms with Gasteiger partial charge in [0.1, 0.15) is 0 Å². The predicted octanol–water partition coefficient (Wildman–Crippen LogP) is 2.27. The fourth-order valence-electron chi connectivity index (χ4n) is 3.26. The van der Waals surface area contributed by atoms with Gasteiger partial charge in [-0.2, -0.15) is 0 Å². The number of nitrogens with one attached hydrogen (secondary N) is 1. The quantitative estimate of drug-likeness (QED) is 0.736. The topological polar surface area (TPSA) is 24.5 Å². The van der Waals surface area contributed by atoms with Crippen LogP contribution in [0.15, 0.2) is 0 Å². The molecule has 3 heteroatoms. The van der Waals surface area contributed by atoms with E-state index in [1.165, 1.54) is 64.6 Å². The molecule has 2 aliphatic rings. The highest BCUT2D eigenvalue weighted by Crippen LogP contribution is 2.21. The first-order chi connectivity index (χ1) is 8.86. The Morgan fingerprint density at radius 2 is 1.78 bits per heavy atom. The highest BCUT2D eigenvalue weighted by atomic mass is 16.5. The Hall–Kier alpha value is -0.120. The van der Waals surface area contributed by atoms with Crippen molar-refractivity contribution in [2.24, 2.45) is 5.92 Å². The summed E-state index contributed by atoms with van der Waals surface area (Å²) in [5.74, 6) is 0.947. The standard InChI is InChI=1S/C15H30N2O/c1-17(15-5-9-16-10-6-15)11-3-2-4-14-7-12-18-13-8-14/h14-16H,2-13H2,1H3. The number of unbranched alkanes of at least 4 members (excludes halogenated alkanes) is 1. The van der Waals surface area contributed by atoms with Crippen LogP contribution in [0.25, 0.3) is 0 Å². The van der Waals surface area contributed by atoms with Gasteiger partial charge in [-0.3, -0.25) is 0 Å². The summed E-state index contributed by atoms with van der Waals surface area (Å²) >= 11 is 0. The van der Waals surface area contributed by atoms with Crippen LogP contribution in [0, 0.1) is 5.92 Å². The molecule has 0 atom stereocenters. The van der Waals surface area contributed by atoms with Crippen LogP contribution >= 0.6 is 0 Å². The number of rotatable bonds is 6. The summed E-state index contributed by atoms with van der Waals surface area (Å²) in [7, 11) is 2.31. The van der Waals surface area contributed by atoms with E-state index in [-0.39, 0.29) is 0 Å². The van der Waals surface area contributed by atoms with E-state index in [1.54, 1.807) is 0 Å². The third kappa shape index (κ3) is 4.87. The molecule has 0 aliphatic carbocycles. The normalized spacial score (nSPS) is 23.7. The van der Waals surface area contributed by atoms with E-state index in [0.717, 1.165) is 25.2 Å². The summed E-state index contributed by atoms with van der Waals surface area (Å²) in [5, 5.41) is 3.44. The van der Waals surface area contributed by atoms with Crippen molar-refractivity contribution in [1.82, 2.24) is 10.2 Å². The Morgan fingerprint density at radius 1 is 1.06 bits per heavy atom. The highest BCUT2D eigenvalue weighted by molar-refractivity contribution is 4.75. The molecule has 2 fully saturated rings. The van der Waals surface area contributed by atoms with Crippen LogP contribution in [0.2, 0.25) is 0 Å². The van der Waals surface area contributed by atoms with Crippen LogP contribution in [0.5, 0.6) is 0 Å². The molecule has 0 saturated carbocycles. The Kier molecular flexibility index (Phi) is 6.46. The van der Waals surface area contributed by atoms with E-state index < -0.39 is 0 Å². The van der Waals surface area contributed by atoms with Crippen LogP contribution < -0.4 is 5.32 Å². The molecule has 2 saturated heterocycles. The number of hydrogen-bond donors (Lipinski definition) is 1. The fourth-order valence-corrected chi connectivity index (χ4v) is 3.26. The average molecular weight is 254 g/mol. The molecule has 0 unspecified atom stereocenters. The van der Waals surface area contributed by atoms with Gasteiger partial charge in [-0.05, 0) is 64.7 Å². The molecule has 0 bridgehead atoms. The van der Waals surface area contributed by atoms with Crippen LogP contribution in [0.1, 0.15) is 44.9 Å². The van der Waals surface area contributed by atoms with Crippen molar-refractivity contribution in [3.8, 4) is 0 Å². The molecule has 2 heterocycles. The summed E-state index contributed by atoms with van der Waals surface area (Å²) in [6.45, 7) is 5.70. The minimum atomic E-state index is 0.828. The highest BCUT2D eigenvalue weighted by Gasteiger charge is 2.17. The van der Waals surface area contributed by atoms with E-state index in [4.69, 9.17) is 4.74 Å². The third-order valence-electron chi connectivity index (χ3n) is 4.65. The molecule has 0 radical (unpaired) electrons. The lowest BCUT2D eigenvalue weighted by molar-refractivity contribution is 0.0627. The van der Waals surface area contributed by atoms with Crippen molar-refractivity contribution in [2.75, 3.05) is 39.9 Å². The maximum absolute atomic E-state index is 5.41. The van der Waals surface area contributed by atoms with Crippen LogP contribution in [0.4, 0.5) is 0 Å². The van der Waals surface area contributed by atoms with Gasteiger partial charge in [0.2, 0.25) is 0 Å². The molecule has 0 spiro atoms. The van der Waals surface area contributed by atoms with Gasteiger partial charge in [0.15, 0.2) is 0 Å². The van der Waals surface area contributed by atoms with Gasteiger partial charge in [0.05, 0.1) is 0 Å². The van der Waals surface area contributed by atoms with Gasteiger partial charge in [0.25, 0.3) is 0 Å². The average Bonchev–Trinajstić information content (AvgIpc) is 2.45. The van der Waals surface area contributed by atoms with Crippen molar-refractivity contribution < 1.29 is 4.74 Å². The van der Waals surface area contributed by atoms with Gasteiger partial charge in [0, 0.05) is 19.3 Å². The second-order valence-electron chi connectivity index (χ2n) is 6.01. The first-order valence-electron chi connectivity index (χ1n) is 7.85. The minimum Gasteiger partial charge on any atom is -0.381 e. The van der Waals surface area contributed by atoms with Gasteiger partial charge in [-0.1, -0.05) is 12.8 Å². The summed E-state index contributed by atoms with van der Waals surface area (Å²) in [4.78, 5) is 2.59. The third-order valence-corrected chi connectivity index (χ3v) is 4.65. The summed E-state index contributed by atoms with van der Waals surface area (Å²) < 4.78 is 5.41. The molecular weight excluding hydrogens is 224 g/mol. The number of hydrogen-bond acceptors (Lipinski definition) is 3. The predicted molar refractivity (Wildman–Crippen MR) is 75.9 cm³/mol. The zero-order valence-electron chi connectivity index (χ0n) is 12.0. The van der Waals surface area contributed by atoms with E-state index >= 15 is 0 Å². The molecule has 2 rings (SSSR count). The van der Waals surface area contributed by atoms with Gasteiger partial charge in [-0.15, -0.1) is 0 Å². The SMILES string of the molecule is CN(CCCCC1CCOCC1)C1CCNCC1. The van der Waals surface area contributed by atoms with Crippen LogP contribution in [-0.2, 0) is 4.74 Å². The molecule has 2 aliphatic heterocycles. The molecule has 18 heavy (non-hydrogen) atoms. The summed E-state index contributed by atoms with van der Waals surface area (Å²) in [6, 6.07) is 0.828. The number of nitrogens with zero attached hydrogens (tertiary/aromatic N) is 1. The lowest BCUT2D eigenvalue weighted by Crippen LogP contribution is -2.41. The van der Waals surface area contributed by atoms with E-state index in [0.29, 0.717) is 0 Å². The van der Waals surface area contributed by atoms with E-state index in [2.05, 4.69) is 17.3 Å². The minimum absolute atomic E-state index is 0.828. The van der Waals surface area contributed by atoms with Crippen molar-refractivity contribution >= 4 is 0 Å². The Morgan fingerprint density at radius 3 is 2.50 bits per heavy atom. The van der Waals surface area contributed by atoms with Crippen molar-refractivity contribution in [3.63, 3.8) is 0 Å². The molecule has 1 N–H and O–H groups in total. The van der Waals surface area contributed by atoms with Gasteiger partial charge >= 0.3 is 0 Å². The lowest BCUT2D eigenvalue weighted by Gasteiger charge is -2.31. The first-order valence-corrected chi connectivity index (χ1v) is 7.85. The first kappa shape index (κ1) is 14.3. The van der Waals surface area contributed by atoms with E-state index in [9.17, 15) is 0 Å². The number of piperidine rings is 1. The molecule has 0 amide bonds. The van der Waals surface area contributed by atoms with Gasteiger partial charge < -0.3 is 15.0 Å². The van der Waals surface area contributed by atoms with Crippen molar-refractivity contribution in [3.05, 3.63) is 0 Å². The Bertz CT molecular complexity index is 211. The van der Waals surface area contributed by atoms with Gasteiger partial charge in [-0.25, -0.2) is 0 Å². The van der Waals surface area contributed by atoms with Crippen molar-refractivity contribution in [1.29, 1.82) is 0 Å². The monoisotopic (exact) mass is 254 g/mol. The second kappa shape index (κ2) is 8.13. The molecule has 0 aromatic heterocycles. The second-order valence-corrected chi connectivity index (χ2v) is 6.01. The maximum atomic E-state index is 5.41. The zero-order chi connectivity index (χ0) is 12.6. The van der Waals surface area contributed by atoms with Crippen molar-refractivity contribution in [2.45, 2.75) is 51.0 Å². The van der Waals surface area contributed by atoms with E-state index in [1.807, 2.05) is 0 Å². The molecular formula is C15H30N2O. The van der Waals surface area contributed by atoms with Crippen LogP contribution in [-0.4, -0.2) is 50.8 Å². The molecule has 0 aromatic carbocycles. The zero-order valence-corrected chi connectivity index (χ0v) is 12.0. The maximum Gasteiger partial charge on any atom is 0.0468 e. The molecule has 106 valence electrons. The lowest BCUT2D eigenvalue weighted by atomic mass is 9.94. The summed E-state index contributed by atoms with van der Waals surface area (Å²) in [6.07, 6.45) is 9.45. The fraction of sp³-hybridized carbons (Fsp3) is 1.00. The smallest absolute Gasteiger partial charge is 0.0468 e.